The van der Waals surface area contributed by atoms with Crippen molar-refractivity contribution < 1.29 is 9.53 Å². The lowest BCUT2D eigenvalue weighted by molar-refractivity contribution is -0.130. The van der Waals surface area contributed by atoms with Gasteiger partial charge in [0.05, 0.1) is 10.9 Å². The lowest BCUT2D eigenvalue weighted by Crippen LogP contribution is -2.43. The number of hydrogen-bond acceptors (Lipinski definition) is 7. The van der Waals surface area contributed by atoms with E-state index < -0.39 is 5.41 Å². The van der Waals surface area contributed by atoms with E-state index in [9.17, 15) is 4.79 Å². The predicted molar refractivity (Wildman–Crippen MR) is 170 cm³/mol. The minimum absolute atomic E-state index is 0.0214. The summed E-state index contributed by atoms with van der Waals surface area (Å²) < 4.78 is 8.14. The van der Waals surface area contributed by atoms with E-state index in [2.05, 4.69) is 81.9 Å². The Morgan fingerprint density at radius 2 is 1.98 bits per heavy atom. The van der Waals surface area contributed by atoms with E-state index in [0.717, 1.165) is 65.1 Å². The first-order valence-corrected chi connectivity index (χ1v) is 15.3. The van der Waals surface area contributed by atoms with E-state index in [4.69, 9.17) is 4.74 Å². The standard InChI is InChI=1S/C34H45N7O2/c1-8-27-21-41(20-26-18-36-14-13-30(26)43-27)19-25-17-24(10-9-22(25)2)31(34(4,5)33(42)37-16-15-35-6)28-11-12-29-32(23(28)3)38-39-40(29)7/h9-14,17-18,27,31,35H,8,15-16,19-21H2,1-7H3,(H,37,42)/t27-,31+/m1/s1. The monoisotopic (exact) mass is 583 g/mol. The van der Waals surface area contributed by atoms with Crippen LogP contribution in [0, 0.1) is 19.3 Å². The van der Waals surface area contributed by atoms with Crippen LogP contribution in [-0.4, -0.2) is 63.6 Å². The Bertz CT molecular complexity index is 1600. The van der Waals surface area contributed by atoms with Crippen molar-refractivity contribution in [2.45, 2.75) is 66.2 Å². The van der Waals surface area contributed by atoms with Crippen LogP contribution in [0.2, 0.25) is 0 Å². The number of carbonyl (C=O) groups excluding carboxylic acids is 1. The van der Waals surface area contributed by atoms with E-state index in [1.165, 1.54) is 11.1 Å². The number of benzene rings is 2. The Kier molecular flexibility index (Phi) is 9.13. The Balaban J connectivity index is 1.55. The number of fused-ring (bicyclic) bond motifs is 2. The number of rotatable bonds is 10. The van der Waals surface area contributed by atoms with Crippen molar-refractivity contribution in [1.29, 1.82) is 0 Å². The van der Waals surface area contributed by atoms with Gasteiger partial charge in [-0.3, -0.25) is 14.7 Å². The molecule has 2 aromatic carbocycles. The highest BCUT2D eigenvalue weighted by molar-refractivity contribution is 5.85. The summed E-state index contributed by atoms with van der Waals surface area (Å²) in [6.45, 7) is 14.2. The van der Waals surface area contributed by atoms with Gasteiger partial charge < -0.3 is 15.4 Å². The minimum Gasteiger partial charge on any atom is -0.489 e. The molecule has 1 aliphatic rings. The Morgan fingerprint density at radius 1 is 1.16 bits per heavy atom. The molecular formula is C34H45N7O2. The van der Waals surface area contributed by atoms with E-state index >= 15 is 0 Å². The maximum absolute atomic E-state index is 13.8. The Hall–Kier alpha value is -3.82. The van der Waals surface area contributed by atoms with Crippen LogP contribution in [0.25, 0.3) is 11.0 Å². The zero-order valence-electron chi connectivity index (χ0n) is 26.6. The lowest BCUT2D eigenvalue weighted by atomic mass is 9.69. The molecule has 228 valence electrons. The van der Waals surface area contributed by atoms with Crippen LogP contribution in [0.5, 0.6) is 5.75 Å². The smallest absolute Gasteiger partial charge is 0.226 e. The van der Waals surface area contributed by atoms with Crippen molar-refractivity contribution >= 4 is 16.9 Å². The van der Waals surface area contributed by atoms with Crippen molar-refractivity contribution in [3.8, 4) is 5.75 Å². The number of likely N-dealkylation sites (N-methyl/N-ethyl adjacent to an activating group) is 1. The number of hydrogen-bond donors (Lipinski definition) is 2. The second-order valence-electron chi connectivity index (χ2n) is 12.4. The number of amides is 1. The Labute approximate surface area is 255 Å². The second kappa shape index (κ2) is 12.8. The third kappa shape index (κ3) is 6.28. The van der Waals surface area contributed by atoms with Gasteiger partial charge in [0.1, 0.15) is 17.4 Å². The second-order valence-corrected chi connectivity index (χ2v) is 12.4. The number of nitrogens with one attached hydrogen (secondary N) is 2. The number of pyridine rings is 1. The topological polar surface area (TPSA) is 97.2 Å². The first kappa shape index (κ1) is 30.6. The summed E-state index contributed by atoms with van der Waals surface area (Å²) in [6, 6.07) is 12.9. The molecule has 2 atom stereocenters. The quantitative estimate of drug-likeness (QED) is 0.263. The zero-order valence-corrected chi connectivity index (χ0v) is 26.6. The molecular weight excluding hydrogens is 538 g/mol. The van der Waals surface area contributed by atoms with E-state index in [1.54, 1.807) is 10.9 Å². The molecule has 0 aliphatic carbocycles. The molecule has 9 nitrogen and oxygen atoms in total. The van der Waals surface area contributed by atoms with Gasteiger partial charge in [-0.15, -0.1) is 5.10 Å². The number of nitrogens with zero attached hydrogens (tertiary/aromatic N) is 5. The summed E-state index contributed by atoms with van der Waals surface area (Å²) in [5.74, 6) is 0.748. The van der Waals surface area contributed by atoms with Gasteiger partial charge in [-0.2, -0.15) is 0 Å². The highest BCUT2D eigenvalue weighted by atomic mass is 16.5. The van der Waals surface area contributed by atoms with Crippen molar-refractivity contribution in [3.63, 3.8) is 0 Å². The highest BCUT2D eigenvalue weighted by Gasteiger charge is 2.40. The van der Waals surface area contributed by atoms with Crippen LogP contribution in [0.15, 0.2) is 48.8 Å². The van der Waals surface area contributed by atoms with Crippen molar-refractivity contribution in [2.75, 3.05) is 26.7 Å². The molecule has 0 unspecified atom stereocenters. The molecule has 9 heteroatoms. The van der Waals surface area contributed by atoms with Crippen molar-refractivity contribution in [1.82, 2.24) is 35.5 Å². The van der Waals surface area contributed by atoms with E-state index in [0.29, 0.717) is 13.1 Å². The molecule has 1 amide bonds. The fraction of sp³-hybridized carbons (Fsp3) is 0.471. The number of aryl methyl sites for hydroxylation is 3. The van der Waals surface area contributed by atoms with Crippen LogP contribution in [0.1, 0.15) is 66.5 Å². The first-order valence-electron chi connectivity index (χ1n) is 15.3. The average molecular weight is 584 g/mol. The molecule has 1 aliphatic heterocycles. The molecule has 0 spiro atoms. The Morgan fingerprint density at radius 3 is 2.74 bits per heavy atom. The highest BCUT2D eigenvalue weighted by Crippen LogP contribution is 2.44. The largest absolute Gasteiger partial charge is 0.489 e. The van der Waals surface area contributed by atoms with Gasteiger partial charge in [-0.25, -0.2) is 4.68 Å². The maximum Gasteiger partial charge on any atom is 0.226 e. The normalized spacial score (nSPS) is 16.4. The molecule has 2 N–H and O–H groups in total. The fourth-order valence-electron chi connectivity index (χ4n) is 6.28. The van der Waals surface area contributed by atoms with Crippen molar-refractivity contribution in [2.24, 2.45) is 12.5 Å². The summed E-state index contributed by atoms with van der Waals surface area (Å²) in [5, 5.41) is 15.0. The molecule has 0 saturated heterocycles. The molecule has 43 heavy (non-hydrogen) atoms. The molecule has 0 radical (unpaired) electrons. The molecule has 0 fully saturated rings. The lowest BCUT2D eigenvalue weighted by Gasteiger charge is -2.35. The van der Waals surface area contributed by atoms with Crippen LogP contribution in [0.3, 0.4) is 0 Å². The summed E-state index contributed by atoms with van der Waals surface area (Å²) in [7, 11) is 3.80. The van der Waals surface area contributed by atoms with Gasteiger partial charge in [-0.05, 0) is 67.3 Å². The molecule has 5 rings (SSSR count). The first-order chi connectivity index (χ1) is 20.6. The zero-order chi connectivity index (χ0) is 30.7. The van der Waals surface area contributed by atoms with Gasteiger partial charge in [0.15, 0.2) is 0 Å². The average Bonchev–Trinajstić information content (AvgIpc) is 3.27. The third-order valence-electron chi connectivity index (χ3n) is 8.92. The fourth-order valence-corrected chi connectivity index (χ4v) is 6.28. The minimum atomic E-state index is -0.741. The third-order valence-corrected chi connectivity index (χ3v) is 8.92. The van der Waals surface area contributed by atoms with Crippen LogP contribution < -0.4 is 15.4 Å². The van der Waals surface area contributed by atoms with Crippen LogP contribution in [0.4, 0.5) is 0 Å². The SMILES string of the molecule is CC[C@@H]1CN(Cc2cc([C@@H](c3ccc4c(nnn4C)c3C)C(C)(C)C(=O)NCCNC)ccc2C)Cc2cnccc2O1. The molecule has 0 bridgehead atoms. The van der Waals surface area contributed by atoms with E-state index in [1.807, 2.05) is 40.2 Å². The number of aromatic nitrogens is 4. The number of carbonyl (C=O) groups is 1. The molecule has 3 heterocycles. The van der Waals surface area contributed by atoms with Gasteiger partial charge in [0, 0.05) is 63.6 Å². The maximum atomic E-state index is 13.8. The summed E-state index contributed by atoms with van der Waals surface area (Å²) in [5.41, 5.74) is 7.93. The molecule has 0 saturated carbocycles. The van der Waals surface area contributed by atoms with Gasteiger partial charge in [-0.1, -0.05) is 50.3 Å². The molecule has 4 aromatic rings. The summed E-state index contributed by atoms with van der Waals surface area (Å²) in [4.78, 5) is 20.6. The molecule has 2 aromatic heterocycles. The van der Waals surface area contributed by atoms with Crippen LogP contribution in [-0.2, 0) is 24.9 Å². The summed E-state index contributed by atoms with van der Waals surface area (Å²) in [6.07, 6.45) is 4.76. The van der Waals surface area contributed by atoms with Crippen molar-refractivity contribution in [3.05, 3.63) is 82.2 Å². The predicted octanol–water partition coefficient (Wildman–Crippen LogP) is 4.65. The van der Waals surface area contributed by atoms with E-state index in [-0.39, 0.29) is 17.9 Å². The van der Waals surface area contributed by atoms with Crippen LogP contribution >= 0.6 is 0 Å². The summed E-state index contributed by atoms with van der Waals surface area (Å²) >= 11 is 0. The number of ether oxygens (including phenoxy) is 1. The van der Waals surface area contributed by atoms with Gasteiger partial charge in [0.2, 0.25) is 5.91 Å². The van der Waals surface area contributed by atoms with Gasteiger partial charge >= 0.3 is 0 Å². The van der Waals surface area contributed by atoms with Gasteiger partial charge in [0.25, 0.3) is 0 Å².